The largest absolute Gasteiger partial charge is 0.497 e. The Morgan fingerprint density at radius 3 is 2.14 bits per heavy atom. The molecule has 0 aliphatic carbocycles. The van der Waals surface area contributed by atoms with Gasteiger partial charge in [0, 0.05) is 11.6 Å². The maximum absolute atomic E-state index is 14.0. The van der Waals surface area contributed by atoms with E-state index in [2.05, 4.69) is 5.32 Å². The Labute approximate surface area is 122 Å². The van der Waals surface area contributed by atoms with E-state index in [0.717, 1.165) is 11.6 Å². The molecule has 0 amide bonds. The average Bonchev–Trinajstić information content (AvgIpc) is 2.51. The standard InChI is InChI=1S/C16H17F2NO2/c1-19-16(13-5-4-6-14(17)15(13)18)10-7-11(20-2)9-12(8-10)21-3/h4-9,16,19H,1-3H3. The molecule has 1 atom stereocenters. The van der Waals surface area contributed by atoms with E-state index in [4.69, 9.17) is 9.47 Å². The van der Waals surface area contributed by atoms with Gasteiger partial charge < -0.3 is 14.8 Å². The summed E-state index contributed by atoms with van der Waals surface area (Å²) in [5.74, 6) is -0.566. The molecular formula is C16H17F2NO2. The number of hydrogen-bond donors (Lipinski definition) is 1. The number of methoxy groups -OCH3 is 2. The highest BCUT2D eigenvalue weighted by atomic mass is 19.2. The number of nitrogens with one attached hydrogen (secondary N) is 1. The zero-order chi connectivity index (χ0) is 15.4. The van der Waals surface area contributed by atoms with Crippen molar-refractivity contribution in [2.45, 2.75) is 6.04 Å². The van der Waals surface area contributed by atoms with Crippen LogP contribution in [0.1, 0.15) is 17.2 Å². The van der Waals surface area contributed by atoms with E-state index in [1.807, 2.05) is 0 Å². The van der Waals surface area contributed by atoms with Gasteiger partial charge in [0.25, 0.3) is 0 Å². The Balaban J connectivity index is 2.53. The fourth-order valence-corrected chi connectivity index (χ4v) is 2.24. The zero-order valence-electron chi connectivity index (χ0n) is 12.1. The van der Waals surface area contributed by atoms with Crippen molar-refractivity contribution >= 4 is 0 Å². The van der Waals surface area contributed by atoms with Crippen LogP contribution in [0.2, 0.25) is 0 Å². The monoisotopic (exact) mass is 293 g/mol. The van der Waals surface area contributed by atoms with E-state index in [1.54, 1.807) is 31.3 Å². The summed E-state index contributed by atoms with van der Waals surface area (Å²) in [7, 11) is 4.76. The summed E-state index contributed by atoms with van der Waals surface area (Å²) in [6.45, 7) is 0. The first-order valence-corrected chi connectivity index (χ1v) is 6.44. The molecule has 0 aromatic heterocycles. The van der Waals surface area contributed by atoms with Crippen LogP contribution in [-0.2, 0) is 0 Å². The van der Waals surface area contributed by atoms with Crippen molar-refractivity contribution in [2.75, 3.05) is 21.3 Å². The third kappa shape index (κ3) is 3.13. The van der Waals surface area contributed by atoms with Crippen molar-refractivity contribution in [3.05, 3.63) is 59.2 Å². The Bertz CT molecular complexity index is 609. The molecule has 3 nitrogen and oxygen atoms in total. The molecule has 21 heavy (non-hydrogen) atoms. The molecule has 2 aromatic rings. The van der Waals surface area contributed by atoms with E-state index < -0.39 is 17.7 Å². The molecule has 0 bridgehead atoms. The molecule has 0 saturated heterocycles. The molecule has 0 aliphatic rings. The van der Waals surface area contributed by atoms with E-state index in [0.29, 0.717) is 11.5 Å². The average molecular weight is 293 g/mol. The highest BCUT2D eigenvalue weighted by molar-refractivity contribution is 5.43. The Morgan fingerprint density at radius 1 is 1.00 bits per heavy atom. The number of halogens is 2. The van der Waals surface area contributed by atoms with Gasteiger partial charge >= 0.3 is 0 Å². The third-order valence-electron chi connectivity index (χ3n) is 3.29. The van der Waals surface area contributed by atoms with Crippen LogP contribution >= 0.6 is 0 Å². The fourth-order valence-electron chi connectivity index (χ4n) is 2.24. The molecule has 0 fully saturated rings. The van der Waals surface area contributed by atoms with E-state index in [-0.39, 0.29) is 5.56 Å². The van der Waals surface area contributed by atoms with Gasteiger partial charge in [0.05, 0.1) is 20.3 Å². The topological polar surface area (TPSA) is 30.5 Å². The summed E-state index contributed by atoms with van der Waals surface area (Å²) in [6, 6.07) is 8.85. The molecule has 112 valence electrons. The minimum atomic E-state index is -0.873. The molecule has 0 spiro atoms. The van der Waals surface area contributed by atoms with Crippen molar-refractivity contribution in [3.8, 4) is 11.5 Å². The highest BCUT2D eigenvalue weighted by Crippen LogP contribution is 2.31. The first kappa shape index (κ1) is 15.3. The second kappa shape index (κ2) is 6.54. The van der Waals surface area contributed by atoms with Crippen LogP contribution in [0.3, 0.4) is 0 Å². The molecule has 1 unspecified atom stereocenters. The summed E-state index contributed by atoms with van der Waals surface area (Å²) in [5, 5.41) is 2.99. The Kier molecular flexibility index (Phi) is 4.75. The van der Waals surface area contributed by atoms with Gasteiger partial charge in [-0.05, 0) is 30.8 Å². The smallest absolute Gasteiger partial charge is 0.163 e. The Morgan fingerprint density at radius 2 is 1.62 bits per heavy atom. The van der Waals surface area contributed by atoms with Gasteiger partial charge in [-0.3, -0.25) is 0 Å². The summed E-state index contributed by atoms with van der Waals surface area (Å²) in [5.41, 5.74) is 0.950. The lowest BCUT2D eigenvalue weighted by atomic mass is 9.97. The quantitative estimate of drug-likeness (QED) is 0.917. The molecular weight excluding hydrogens is 276 g/mol. The van der Waals surface area contributed by atoms with Crippen LogP contribution in [0.5, 0.6) is 11.5 Å². The van der Waals surface area contributed by atoms with Crippen LogP contribution in [0.15, 0.2) is 36.4 Å². The minimum absolute atomic E-state index is 0.229. The lowest BCUT2D eigenvalue weighted by molar-refractivity contribution is 0.392. The van der Waals surface area contributed by atoms with Gasteiger partial charge in [0.2, 0.25) is 0 Å². The minimum Gasteiger partial charge on any atom is -0.497 e. The van der Waals surface area contributed by atoms with Gasteiger partial charge in [-0.25, -0.2) is 8.78 Å². The summed E-state index contributed by atoms with van der Waals surface area (Å²) in [4.78, 5) is 0. The maximum atomic E-state index is 14.0. The van der Waals surface area contributed by atoms with E-state index in [1.165, 1.54) is 20.3 Å². The molecule has 0 radical (unpaired) electrons. The Hall–Kier alpha value is -2.14. The van der Waals surface area contributed by atoms with Crippen molar-refractivity contribution in [1.82, 2.24) is 5.32 Å². The molecule has 2 rings (SSSR count). The van der Waals surface area contributed by atoms with Gasteiger partial charge in [0.1, 0.15) is 11.5 Å². The lowest BCUT2D eigenvalue weighted by Gasteiger charge is -2.19. The molecule has 2 aromatic carbocycles. The van der Waals surface area contributed by atoms with Crippen molar-refractivity contribution in [2.24, 2.45) is 0 Å². The number of hydrogen-bond acceptors (Lipinski definition) is 3. The molecule has 0 saturated carbocycles. The van der Waals surface area contributed by atoms with E-state index >= 15 is 0 Å². The maximum Gasteiger partial charge on any atom is 0.163 e. The van der Waals surface area contributed by atoms with Crippen LogP contribution in [0.4, 0.5) is 8.78 Å². The zero-order valence-corrected chi connectivity index (χ0v) is 12.1. The van der Waals surface area contributed by atoms with Crippen LogP contribution in [0, 0.1) is 11.6 Å². The number of rotatable bonds is 5. The van der Waals surface area contributed by atoms with Gasteiger partial charge in [-0.15, -0.1) is 0 Å². The normalized spacial score (nSPS) is 12.0. The van der Waals surface area contributed by atoms with Gasteiger partial charge in [0.15, 0.2) is 11.6 Å². The van der Waals surface area contributed by atoms with Crippen LogP contribution < -0.4 is 14.8 Å². The van der Waals surface area contributed by atoms with Crippen molar-refractivity contribution < 1.29 is 18.3 Å². The summed E-state index contributed by atoms with van der Waals surface area (Å²) in [6.07, 6.45) is 0. The van der Waals surface area contributed by atoms with Gasteiger partial charge in [-0.2, -0.15) is 0 Å². The van der Waals surface area contributed by atoms with Crippen molar-refractivity contribution in [3.63, 3.8) is 0 Å². The third-order valence-corrected chi connectivity index (χ3v) is 3.29. The van der Waals surface area contributed by atoms with Gasteiger partial charge in [-0.1, -0.05) is 12.1 Å². The molecule has 0 aliphatic heterocycles. The number of benzene rings is 2. The lowest BCUT2D eigenvalue weighted by Crippen LogP contribution is -2.19. The predicted molar refractivity (Wildman–Crippen MR) is 76.8 cm³/mol. The van der Waals surface area contributed by atoms with Crippen LogP contribution in [0.25, 0.3) is 0 Å². The summed E-state index contributed by atoms with van der Waals surface area (Å²) >= 11 is 0. The molecule has 1 N–H and O–H groups in total. The second-order valence-corrected chi connectivity index (χ2v) is 4.51. The fraction of sp³-hybridized carbons (Fsp3) is 0.250. The summed E-state index contributed by atoms with van der Waals surface area (Å²) < 4.78 is 37.9. The van der Waals surface area contributed by atoms with E-state index in [9.17, 15) is 8.78 Å². The molecule has 0 heterocycles. The first-order valence-electron chi connectivity index (χ1n) is 6.44. The SMILES string of the molecule is CNC(c1cc(OC)cc(OC)c1)c1cccc(F)c1F. The second-order valence-electron chi connectivity index (χ2n) is 4.51. The first-order chi connectivity index (χ1) is 10.1. The predicted octanol–water partition coefficient (Wildman–Crippen LogP) is 3.29. The highest BCUT2D eigenvalue weighted by Gasteiger charge is 2.20. The number of ether oxygens (including phenoxy) is 2. The van der Waals surface area contributed by atoms with Crippen LogP contribution in [-0.4, -0.2) is 21.3 Å². The molecule has 5 heteroatoms. The van der Waals surface area contributed by atoms with Crippen molar-refractivity contribution in [1.29, 1.82) is 0 Å².